The van der Waals surface area contributed by atoms with Gasteiger partial charge in [0.1, 0.15) is 23.8 Å². The predicted molar refractivity (Wildman–Crippen MR) is 147 cm³/mol. The van der Waals surface area contributed by atoms with E-state index in [9.17, 15) is 14.0 Å². The lowest BCUT2D eigenvalue weighted by molar-refractivity contribution is 0.0714. The SMILES string of the molecule is Cc1cc(C)c2oc3c(c(=O)c2c1)C(c1ccc(OCc2ccccc2)cc1)N(Cc1ccc(F)cc1)C3=O. The zero-order valence-electron chi connectivity index (χ0n) is 21.6. The van der Waals surface area contributed by atoms with Crippen LogP contribution in [-0.2, 0) is 13.2 Å². The summed E-state index contributed by atoms with van der Waals surface area (Å²) in [5.41, 5.74) is 4.81. The van der Waals surface area contributed by atoms with Crippen LogP contribution < -0.4 is 10.2 Å². The second-order valence-corrected chi connectivity index (χ2v) is 9.94. The van der Waals surface area contributed by atoms with Crippen molar-refractivity contribution < 1.29 is 18.3 Å². The predicted octanol–water partition coefficient (Wildman–Crippen LogP) is 6.87. The van der Waals surface area contributed by atoms with Gasteiger partial charge in [0.05, 0.1) is 17.0 Å². The molecule has 0 saturated carbocycles. The van der Waals surface area contributed by atoms with Gasteiger partial charge in [-0.25, -0.2) is 4.39 Å². The number of benzene rings is 4. The average molecular weight is 520 g/mol. The summed E-state index contributed by atoms with van der Waals surface area (Å²) in [6.45, 7) is 4.41. The van der Waals surface area contributed by atoms with Crippen LogP contribution in [-0.4, -0.2) is 10.8 Å². The number of hydrogen-bond acceptors (Lipinski definition) is 4. The summed E-state index contributed by atoms with van der Waals surface area (Å²) in [4.78, 5) is 29.3. The van der Waals surface area contributed by atoms with Crippen LogP contribution in [0.3, 0.4) is 0 Å². The van der Waals surface area contributed by atoms with Gasteiger partial charge in [0.15, 0.2) is 5.43 Å². The maximum atomic E-state index is 13.9. The number of hydrogen-bond donors (Lipinski definition) is 0. The molecule has 1 atom stereocenters. The summed E-state index contributed by atoms with van der Waals surface area (Å²) in [7, 11) is 0. The molecule has 5 nitrogen and oxygen atoms in total. The van der Waals surface area contributed by atoms with Crippen molar-refractivity contribution in [3.8, 4) is 5.75 Å². The van der Waals surface area contributed by atoms with Gasteiger partial charge in [0.2, 0.25) is 5.76 Å². The van der Waals surface area contributed by atoms with Gasteiger partial charge in [0.25, 0.3) is 5.91 Å². The number of halogens is 1. The van der Waals surface area contributed by atoms with Gasteiger partial charge in [-0.05, 0) is 72.0 Å². The van der Waals surface area contributed by atoms with Crippen molar-refractivity contribution >= 4 is 16.9 Å². The topological polar surface area (TPSA) is 59.8 Å². The van der Waals surface area contributed by atoms with E-state index in [0.29, 0.717) is 28.9 Å². The van der Waals surface area contributed by atoms with Crippen LogP contribution in [0, 0.1) is 19.7 Å². The Bertz CT molecular complexity index is 1740. The summed E-state index contributed by atoms with van der Waals surface area (Å²) in [5.74, 6) is -0.000863. The Hall–Kier alpha value is -4.71. The molecule has 0 bridgehead atoms. The number of fused-ring (bicyclic) bond motifs is 2. The number of carbonyl (C=O) groups is 1. The van der Waals surface area contributed by atoms with E-state index >= 15 is 0 Å². The van der Waals surface area contributed by atoms with Crippen LogP contribution in [0.2, 0.25) is 0 Å². The molecule has 0 radical (unpaired) electrons. The lowest BCUT2D eigenvalue weighted by Gasteiger charge is -2.25. The summed E-state index contributed by atoms with van der Waals surface area (Å²) in [6, 6.07) is 26.4. The first-order valence-corrected chi connectivity index (χ1v) is 12.8. The number of rotatable bonds is 6. The second-order valence-electron chi connectivity index (χ2n) is 9.94. The first-order chi connectivity index (χ1) is 18.9. The molecule has 0 saturated heterocycles. The minimum Gasteiger partial charge on any atom is -0.489 e. The molecule has 6 rings (SSSR count). The molecular weight excluding hydrogens is 493 g/mol. The molecule has 4 aromatic carbocycles. The molecule has 1 amide bonds. The van der Waals surface area contributed by atoms with Crippen LogP contribution >= 0.6 is 0 Å². The maximum Gasteiger partial charge on any atom is 0.291 e. The van der Waals surface area contributed by atoms with E-state index in [-0.39, 0.29) is 29.5 Å². The number of amides is 1. The van der Waals surface area contributed by atoms with Crippen LogP contribution in [0.15, 0.2) is 100 Å². The van der Waals surface area contributed by atoms with Crippen molar-refractivity contribution in [3.63, 3.8) is 0 Å². The molecule has 0 N–H and O–H groups in total. The third-order valence-corrected chi connectivity index (χ3v) is 7.11. The summed E-state index contributed by atoms with van der Waals surface area (Å²) in [6.07, 6.45) is 0. The van der Waals surface area contributed by atoms with E-state index in [1.165, 1.54) is 12.1 Å². The molecule has 1 unspecified atom stereocenters. The molecule has 2 heterocycles. The maximum absolute atomic E-state index is 13.9. The number of nitrogens with zero attached hydrogens (tertiary/aromatic N) is 1. The monoisotopic (exact) mass is 519 g/mol. The van der Waals surface area contributed by atoms with E-state index in [2.05, 4.69) is 0 Å². The Morgan fingerprint density at radius 3 is 2.31 bits per heavy atom. The molecule has 1 aliphatic rings. The quantitative estimate of drug-likeness (QED) is 0.246. The van der Waals surface area contributed by atoms with Gasteiger partial charge in [-0.1, -0.05) is 60.7 Å². The van der Waals surface area contributed by atoms with Crippen molar-refractivity contribution in [3.05, 3.63) is 146 Å². The molecule has 0 aliphatic carbocycles. The van der Waals surface area contributed by atoms with E-state index in [1.54, 1.807) is 23.1 Å². The van der Waals surface area contributed by atoms with Crippen LogP contribution in [0.5, 0.6) is 5.75 Å². The van der Waals surface area contributed by atoms with E-state index in [0.717, 1.165) is 27.8 Å². The minimum absolute atomic E-state index is 0.0518. The van der Waals surface area contributed by atoms with Crippen molar-refractivity contribution in [2.24, 2.45) is 0 Å². The molecular formula is C33H26FNO4. The third kappa shape index (κ3) is 4.59. The number of carbonyl (C=O) groups excluding carboxylic acids is 1. The van der Waals surface area contributed by atoms with Gasteiger partial charge < -0.3 is 14.1 Å². The first kappa shape index (κ1) is 24.6. The summed E-state index contributed by atoms with van der Waals surface area (Å²) >= 11 is 0. The summed E-state index contributed by atoms with van der Waals surface area (Å²) in [5, 5.41) is 0.454. The van der Waals surface area contributed by atoms with Gasteiger partial charge in [-0.3, -0.25) is 9.59 Å². The van der Waals surface area contributed by atoms with Crippen LogP contribution in [0.1, 0.15) is 50.0 Å². The zero-order valence-corrected chi connectivity index (χ0v) is 21.6. The Morgan fingerprint density at radius 1 is 0.872 bits per heavy atom. The molecule has 6 heteroatoms. The number of ether oxygens (including phenoxy) is 1. The third-order valence-electron chi connectivity index (χ3n) is 7.11. The van der Waals surface area contributed by atoms with Crippen molar-refractivity contribution in [2.75, 3.05) is 0 Å². The van der Waals surface area contributed by atoms with Crippen LogP contribution in [0.25, 0.3) is 11.0 Å². The average Bonchev–Trinajstić information content (AvgIpc) is 3.21. The Kier molecular flexibility index (Phi) is 6.23. The highest BCUT2D eigenvalue weighted by Crippen LogP contribution is 2.40. The first-order valence-electron chi connectivity index (χ1n) is 12.8. The molecule has 0 spiro atoms. The molecule has 39 heavy (non-hydrogen) atoms. The van der Waals surface area contributed by atoms with Gasteiger partial charge in [-0.2, -0.15) is 0 Å². The molecule has 0 fully saturated rings. The van der Waals surface area contributed by atoms with Gasteiger partial charge in [-0.15, -0.1) is 0 Å². The van der Waals surface area contributed by atoms with Crippen molar-refractivity contribution in [1.29, 1.82) is 0 Å². The Labute approximate surface area is 225 Å². The normalized spacial score (nSPS) is 14.6. The van der Waals surface area contributed by atoms with Crippen LogP contribution in [0.4, 0.5) is 4.39 Å². The Morgan fingerprint density at radius 2 is 1.59 bits per heavy atom. The lowest BCUT2D eigenvalue weighted by atomic mass is 9.97. The lowest BCUT2D eigenvalue weighted by Crippen LogP contribution is -2.29. The van der Waals surface area contributed by atoms with Crippen molar-refractivity contribution in [1.82, 2.24) is 4.90 Å². The molecule has 5 aromatic rings. The van der Waals surface area contributed by atoms with Gasteiger partial charge >= 0.3 is 0 Å². The zero-order chi connectivity index (χ0) is 27.1. The van der Waals surface area contributed by atoms with Crippen molar-refractivity contribution in [2.45, 2.75) is 33.0 Å². The molecule has 1 aromatic heterocycles. The largest absolute Gasteiger partial charge is 0.489 e. The minimum atomic E-state index is -0.665. The fourth-order valence-electron chi connectivity index (χ4n) is 5.26. The van der Waals surface area contributed by atoms with Gasteiger partial charge in [0, 0.05) is 6.54 Å². The number of aryl methyl sites for hydroxylation is 2. The highest BCUT2D eigenvalue weighted by Gasteiger charge is 2.42. The Balaban J connectivity index is 1.42. The molecule has 1 aliphatic heterocycles. The molecule has 194 valence electrons. The highest BCUT2D eigenvalue weighted by atomic mass is 19.1. The smallest absolute Gasteiger partial charge is 0.291 e. The highest BCUT2D eigenvalue weighted by molar-refractivity contribution is 5.99. The fourth-order valence-corrected chi connectivity index (χ4v) is 5.26. The standard InChI is InChI=1S/C33H26FNO4/c1-20-16-21(2)31-27(17-20)30(36)28-29(24-10-14-26(15-11-24)38-19-23-6-4-3-5-7-23)35(33(37)32(28)39-31)18-22-8-12-25(34)13-9-22/h3-17,29H,18-19H2,1-2H3. The fraction of sp³-hybridized carbons (Fsp3) is 0.152. The van der Waals surface area contributed by atoms with E-state index < -0.39 is 6.04 Å². The van der Waals surface area contributed by atoms with E-state index in [4.69, 9.17) is 9.15 Å². The van der Waals surface area contributed by atoms with E-state index in [1.807, 2.05) is 74.5 Å². The second kappa shape index (κ2) is 9.87. The summed E-state index contributed by atoms with van der Waals surface area (Å²) < 4.78 is 25.7.